The largest absolute Gasteiger partial charge is 0.453 e. The topological polar surface area (TPSA) is 51.1 Å². The van der Waals surface area contributed by atoms with Crippen LogP contribution in [0.25, 0.3) is 111 Å². The van der Waals surface area contributed by atoms with Crippen molar-refractivity contribution in [3.8, 4) is 90.2 Å². The minimum Gasteiger partial charge on any atom is -0.453 e. The number of nitrogens with zero attached hydrogens (tertiary/aromatic N) is 4. The molecule has 96 heavy (non-hydrogen) atoms. The van der Waals surface area contributed by atoms with Crippen LogP contribution in [-0.2, 0) is 21.7 Å². The Kier molecular flexibility index (Phi) is 16.2. The molecule has 472 valence electrons. The molecule has 0 atom stereocenters. The molecule has 0 saturated heterocycles. The van der Waals surface area contributed by atoms with Gasteiger partial charge >= 0.3 is 0 Å². The average molecular weight is 1250 g/mol. The summed E-state index contributed by atoms with van der Waals surface area (Å²) in [6, 6.07) is 100. The number of hydrogen-bond donors (Lipinski definition) is 0. The highest BCUT2D eigenvalue weighted by molar-refractivity contribution is 6.34. The Morgan fingerprint density at radius 2 is 0.521 bits per heavy atom. The molecule has 5 heteroatoms. The second-order valence-corrected chi connectivity index (χ2v) is 29.6. The first-order valence-corrected chi connectivity index (χ1v) is 33.7. The zero-order valence-corrected chi connectivity index (χ0v) is 57.3. The van der Waals surface area contributed by atoms with E-state index in [2.05, 4.69) is 270 Å². The molecule has 0 saturated carbocycles. The fourth-order valence-electron chi connectivity index (χ4n) is 13.5. The lowest BCUT2D eigenvalue weighted by Crippen LogP contribution is -2.15. The van der Waals surface area contributed by atoms with Gasteiger partial charge in [-0.1, -0.05) is 301 Å². The molecule has 0 spiro atoms. The third kappa shape index (κ3) is 12.2. The Balaban J connectivity index is 0.000000179. The fourth-order valence-corrected chi connectivity index (χ4v) is 13.5. The predicted octanol–water partition coefficient (Wildman–Crippen LogP) is 25.5. The van der Waals surface area contributed by atoms with Crippen LogP contribution in [0.4, 0.5) is 17.1 Å². The van der Waals surface area contributed by atoms with E-state index in [-0.39, 0.29) is 21.7 Å². The normalized spacial score (nSPS) is 12.4. The summed E-state index contributed by atoms with van der Waals surface area (Å²) < 4.78 is 6.16. The van der Waals surface area contributed by atoms with Crippen LogP contribution in [0.1, 0.15) is 105 Å². The first kappa shape index (κ1) is 62.7. The molecule has 15 rings (SSSR count). The third-order valence-corrected chi connectivity index (χ3v) is 18.8. The molecule has 0 amide bonds. The maximum Gasteiger partial charge on any atom is 0.164 e. The molecule has 1 aliphatic rings. The summed E-state index contributed by atoms with van der Waals surface area (Å²) in [7, 11) is 0. The summed E-state index contributed by atoms with van der Waals surface area (Å²) >= 11 is 0. The summed E-state index contributed by atoms with van der Waals surface area (Å²) in [6.45, 7) is 27.8. The molecule has 1 aromatic heterocycles. The van der Waals surface area contributed by atoms with Gasteiger partial charge in [0.15, 0.2) is 29.0 Å². The van der Waals surface area contributed by atoms with Crippen LogP contribution in [0.2, 0.25) is 0 Å². The third-order valence-electron chi connectivity index (χ3n) is 18.8. The van der Waals surface area contributed by atoms with Gasteiger partial charge < -0.3 is 9.64 Å². The van der Waals surface area contributed by atoms with E-state index in [4.69, 9.17) is 19.7 Å². The Labute approximate surface area is 566 Å². The highest BCUT2D eigenvalue weighted by atomic mass is 16.5. The standard InChI is InChI=1S/C58H60.C33H22N4O/c1-55(2,3)41-27-23-39(24-28-41)49-45-33-31-43(57(7,8)9)35-47(45)52(38-21-17-14-18-22-38)54-50(40-25-29-42(30-26-40)56(4,5)6)46-34-32-44(58(10,11)12)36-48(46)51(53(49)54)37-19-15-13-16-20-37;1-3-11-23(12-4-1)31-34-32(24-13-5-2-6-14-24)36-33(35-31)25-19-21-26(22-20-25)37-27-15-7-9-17-29(27)38-30-18-10-8-16-28(30)37/h13-36H,1-12H3;1-22H. The quantitative estimate of drug-likeness (QED) is 0.142. The second-order valence-electron chi connectivity index (χ2n) is 29.6. The molecule has 13 aromatic carbocycles. The van der Waals surface area contributed by atoms with E-state index < -0.39 is 0 Å². The maximum atomic E-state index is 6.16. The van der Waals surface area contributed by atoms with Gasteiger partial charge in [-0.3, -0.25) is 0 Å². The number of aromatic nitrogens is 3. The number of ether oxygens (including phenoxy) is 1. The monoisotopic (exact) mass is 1250 g/mol. The number of para-hydroxylation sites is 4. The van der Waals surface area contributed by atoms with Crippen molar-refractivity contribution in [2.45, 2.75) is 105 Å². The number of anilines is 3. The molecule has 0 N–H and O–H groups in total. The second kappa shape index (κ2) is 24.9. The van der Waals surface area contributed by atoms with E-state index >= 15 is 0 Å². The van der Waals surface area contributed by atoms with Crippen molar-refractivity contribution >= 4 is 49.4 Å². The lowest BCUT2D eigenvalue weighted by atomic mass is 9.75. The van der Waals surface area contributed by atoms with Gasteiger partial charge in [-0.2, -0.15) is 0 Å². The van der Waals surface area contributed by atoms with Gasteiger partial charge in [0.05, 0.1) is 11.4 Å². The fraction of sp³-hybridized carbons (Fsp3) is 0.176. The van der Waals surface area contributed by atoms with Crippen molar-refractivity contribution in [3.05, 3.63) is 301 Å². The Bertz CT molecular complexity index is 4870. The van der Waals surface area contributed by atoms with Crippen LogP contribution < -0.4 is 9.64 Å². The van der Waals surface area contributed by atoms with E-state index in [1.807, 2.05) is 97.1 Å². The molecule has 5 nitrogen and oxygen atoms in total. The van der Waals surface area contributed by atoms with E-state index in [0.717, 1.165) is 45.3 Å². The zero-order chi connectivity index (χ0) is 66.7. The maximum absolute atomic E-state index is 6.16. The molecule has 2 heterocycles. The number of benzene rings is 13. The van der Waals surface area contributed by atoms with Crippen molar-refractivity contribution in [2.24, 2.45) is 0 Å². The molecule has 0 fully saturated rings. The van der Waals surface area contributed by atoms with Gasteiger partial charge in [0.2, 0.25) is 0 Å². The molecule has 0 radical (unpaired) electrons. The van der Waals surface area contributed by atoms with Gasteiger partial charge in [-0.05, 0) is 181 Å². The lowest BCUT2D eigenvalue weighted by molar-refractivity contribution is 0.477. The SMILES string of the molecule is CC(C)(C)c1ccc(-c2c3ccc(C(C)(C)C)cc3c(-c3ccccc3)c3c(-c4ccc(C(C)(C)C)cc4)c4ccc(C(C)(C)C)cc4c(-c4ccccc4)c23)cc1.c1ccc(-c2nc(-c3ccccc3)nc(-c3ccc(N4c5ccccc5Oc5ccccc54)cc3)n2)cc1. The summed E-state index contributed by atoms with van der Waals surface area (Å²) in [5, 5.41) is 7.74. The molecule has 0 bridgehead atoms. The predicted molar refractivity (Wildman–Crippen MR) is 406 cm³/mol. The molecule has 0 aliphatic carbocycles. The molecule has 0 unspecified atom stereocenters. The van der Waals surface area contributed by atoms with Crippen LogP contribution in [0.3, 0.4) is 0 Å². The molecular formula is C91H82N4O. The first-order valence-electron chi connectivity index (χ1n) is 33.7. The van der Waals surface area contributed by atoms with Crippen LogP contribution in [0.15, 0.2) is 279 Å². The van der Waals surface area contributed by atoms with Crippen molar-refractivity contribution in [3.63, 3.8) is 0 Å². The van der Waals surface area contributed by atoms with Crippen LogP contribution in [0.5, 0.6) is 11.5 Å². The van der Waals surface area contributed by atoms with Crippen LogP contribution in [-0.4, -0.2) is 15.0 Å². The highest BCUT2D eigenvalue weighted by Crippen LogP contribution is 2.56. The molecular weight excluding hydrogens is 1170 g/mol. The molecule has 14 aromatic rings. The van der Waals surface area contributed by atoms with Crippen LogP contribution in [0, 0.1) is 0 Å². The lowest BCUT2D eigenvalue weighted by Gasteiger charge is -2.32. The number of rotatable bonds is 8. The van der Waals surface area contributed by atoms with E-state index in [1.54, 1.807) is 0 Å². The minimum absolute atomic E-state index is 0.0286. The Morgan fingerprint density at radius 3 is 0.865 bits per heavy atom. The zero-order valence-electron chi connectivity index (χ0n) is 57.3. The van der Waals surface area contributed by atoms with E-state index in [1.165, 1.54) is 99.1 Å². The minimum atomic E-state index is -0.0286. The van der Waals surface area contributed by atoms with E-state index in [9.17, 15) is 0 Å². The van der Waals surface area contributed by atoms with Crippen molar-refractivity contribution in [1.82, 2.24) is 15.0 Å². The smallest absolute Gasteiger partial charge is 0.164 e. The summed E-state index contributed by atoms with van der Waals surface area (Å²) in [5.41, 5.74) is 21.3. The van der Waals surface area contributed by atoms with Gasteiger partial charge in [0.1, 0.15) is 0 Å². The summed E-state index contributed by atoms with van der Waals surface area (Å²) in [5.74, 6) is 3.58. The van der Waals surface area contributed by atoms with Crippen molar-refractivity contribution < 1.29 is 4.74 Å². The van der Waals surface area contributed by atoms with Gasteiger partial charge in [0.25, 0.3) is 0 Å². The Morgan fingerprint density at radius 1 is 0.250 bits per heavy atom. The van der Waals surface area contributed by atoms with E-state index in [0.29, 0.717) is 17.5 Å². The molecule has 1 aliphatic heterocycles. The summed E-state index contributed by atoms with van der Waals surface area (Å²) in [6.07, 6.45) is 0. The first-order chi connectivity index (χ1) is 46.2. The van der Waals surface area contributed by atoms with Gasteiger partial charge in [-0.25, -0.2) is 15.0 Å². The van der Waals surface area contributed by atoms with Crippen molar-refractivity contribution in [2.75, 3.05) is 4.90 Å². The average Bonchev–Trinajstić information content (AvgIpc) is 0.694. The Hall–Kier alpha value is -10.8. The van der Waals surface area contributed by atoms with Gasteiger partial charge in [-0.15, -0.1) is 0 Å². The van der Waals surface area contributed by atoms with Crippen molar-refractivity contribution in [1.29, 1.82) is 0 Å². The van der Waals surface area contributed by atoms with Crippen LogP contribution >= 0.6 is 0 Å². The number of fused-ring (bicyclic) bond motifs is 5. The van der Waals surface area contributed by atoms with Gasteiger partial charge in [0, 0.05) is 22.4 Å². The summed E-state index contributed by atoms with van der Waals surface area (Å²) in [4.78, 5) is 16.7. The number of hydrogen-bond acceptors (Lipinski definition) is 5. The highest BCUT2D eigenvalue weighted by Gasteiger charge is 2.30.